The molecule has 3 N–H and O–H groups in total. The zero-order valence-corrected chi connectivity index (χ0v) is 14.5. The van der Waals surface area contributed by atoms with Gasteiger partial charge in [-0.3, -0.25) is 0 Å². The third kappa shape index (κ3) is 3.98. The first-order chi connectivity index (χ1) is 11.7. The third-order valence-corrected chi connectivity index (χ3v) is 5.19. The van der Waals surface area contributed by atoms with Gasteiger partial charge in [-0.05, 0) is 31.7 Å². The molecule has 6 nitrogen and oxygen atoms in total. The number of nitrogen functional groups attached to an aromatic ring is 1. The predicted molar refractivity (Wildman–Crippen MR) is 95.2 cm³/mol. The predicted octanol–water partition coefficient (Wildman–Crippen LogP) is 2.34. The molecule has 1 aliphatic carbocycles. The van der Waals surface area contributed by atoms with Crippen LogP contribution in [0, 0.1) is 0 Å². The number of carbonyl (C=O) groups is 1. The van der Waals surface area contributed by atoms with Crippen LogP contribution in [0.1, 0.15) is 55.3 Å². The lowest BCUT2D eigenvalue weighted by Crippen LogP contribution is -2.47. The van der Waals surface area contributed by atoms with Crippen LogP contribution in [-0.2, 0) is 4.74 Å². The maximum Gasteiger partial charge on any atom is 0.339 e. The summed E-state index contributed by atoms with van der Waals surface area (Å²) >= 11 is 0. The van der Waals surface area contributed by atoms with E-state index >= 15 is 0 Å². The van der Waals surface area contributed by atoms with Gasteiger partial charge < -0.3 is 20.7 Å². The molecule has 24 heavy (non-hydrogen) atoms. The SMILES string of the molecule is COC(=O)c1cnc(N2CCC(NC3CCCCC3)CC2)c(N)c1. The van der Waals surface area contributed by atoms with Gasteiger partial charge in [-0.25, -0.2) is 9.78 Å². The van der Waals surface area contributed by atoms with Gasteiger partial charge in [0.1, 0.15) is 0 Å². The van der Waals surface area contributed by atoms with Crippen molar-refractivity contribution in [1.82, 2.24) is 10.3 Å². The first-order valence-electron chi connectivity index (χ1n) is 9.02. The molecule has 0 atom stereocenters. The van der Waals surface area contributed by atoms with E-state index in [4.69, 9.17) is 10.5 Å². The molecule has 0 spiro atoms. The molecule has 1 saturated carbocycles. The second kappa shape index (κ2) is 7.83. The average Bonchev–Trinajstić information content (AvgIpc) is 2.62. The van der Waals surface area contributed by atoms with Crippen molar-refractivity contribution in [2.75, 3.05) is 30.8 Å². The van der Waals surface area contributed by atoms with Gasteiger partial charge in [0.15, 0.2) is 5.82 Å². The molecule has 1 aromatic heterocycles. The maximum atomic E-state index is 11.5. The average molecular weight is 332 g/mol. The van der Waals surface area contributed by atoms with Gasteiger partial charge in [0.05, 0.1) is 18.4 Å². The Balaban J connectivity index is 1.55. The summed E-state index contributed by atoms with van der Waals surface area (Å²) in [5, 5.41) is 3.84. The van der Waals surface area contributed by atoms with Gasteiger partial charge in [-0.1, -0.05) is 19.3 Å². The fourth-order valence-electron chi connectivity index (χ4n) is 3.83. The highest BCUT2D eigenvalue weighted by molar-refractivity contribution is 5.90. The molecular weight excluding hydrogens is 304 g/mol. The molecule has 2 aliphatic rings. The Morgan fingerprint density at radius 3 is 2.50 bits per heavy atom. The summed E-state index contributed by atoms with van der Waals surface area (Å²) in [5.41, 5.74) is 7.04. The van der Waals surface area contributed by atoms with Gasteiger partial charge in [0.2, 0.25) is 0 Å². The van der Waals surface area contributed by atoms with E-state index in [1.54, 1.807) is 12.3 Å². The number of anilines is 2. The molecule has 1 saturated heterocycles. The van der Waals surface area contributed by atoms with Crippen LogP contribution in [0.5, 0.6) is 0 Å². The lowest BCUT2D eigenvalue weighted by molar-refractivity contribution is 0.0600. The largest absolute Gasteiger partial charge is 0.465 e. The number of nitrogens with two attached hydrogens (primary N) is 1. The monoisotopic (exact) mass is 332 g/mol. The summed E-state index contributed by atoms with van der Waals surface area (Å²) in [5.74, 6) is 0.370. The zero-order chi connectivity index (χ0) is 16.9. The fourth-order valence-corrected chi connectivity index (χ4v) is 3.83. The van der Waals surface area contributed by atoms with Crippen molar-refractivity contribution in [1.29, 1.82) is 0 Å². The molecule has 2 fully saturated rings. The summed E-state index contributed by atoms with van der Waals surface area (Å²) in [7, 11) is 1.36. The number of pyridine rings is 1. The number of hydrogen-bond acceptors (Lipinski definition) is 6. The fraction of sp³-hybridized carbons (Fsp3) is 0.667. The van der Waals surface area contributed by atoms with Gasteiger partial charge in [0, 0.05) is 31.4 Å². The highest BCUT2D eigenvalue weighted by Gasteiger charge is 2.24. The Hall–Kier alpha value is -1.82. The number of nitrogens with one attached hydrogen (secondary N) is 1. The van der Waals surface area contributed by atoms with Crippen molar-refractivity contribution in [2.45, 2.75) is 57.0 Å². The van der Waals surface area contributed by atoms with Crippen LogP contribution < -0.4 is 16.0 Å². The smallest absolute Gasteiger partial charge is 0.339 e. The van der Waals surface area contributed by atoms with Crippen LogP contribution in [0.25, 0.3) is 0 Å². The lowest BCUT2D eigenvalue weighted by atomic mass is 9.93. The molecule has 132 valence electrons. The van der Waals surface area contributed by atoms with E-state index in [-0.39, 0.29) is 0 Å². The van der Waals surface area contributed by atoms with Crippen molar-refractivity contribution in [3.8, 4) is 0 Å². The highest BCUT2D eigenvalue weighted by atomic mass is 16.5. The number of aromatic nitrogens is 1. The van der Waals surface area contributed by atoms with E-state index in [1.807, 2.05) is 0 Å². The Kier molecular flexibility index (Phi) is 5.56. The minimum atomic E-state index is -0.406. The van der Waals surface area contributed by atoms with Crippen LogP contribution in [0.3, 0.4) is 0 Å². The zero-order valence-electron chi connectivity index (χ0n) is 14.5. The van der Waals surface area contributed by atoms with Crippen LogP contribution in [0.2, 0.25) is 0 Å². The number of methoxy groups -OCH3 is 1. The molecular formula is C18H28N4O2. The second-order valence-corrected chi connectivity index (χ2v) is 6.89. The van der Waals surface area contributed by atoms with Gasteiger partial charge in [-0.2, -0.15) is 0 Å². The minimum Gasteiger partial charge on any atom is -0.465 e. The van der Waals surface area contributed by atoms with Crippen molar-refractivity contribution >= 4 is 17.5 Å². The van der Waals surface area contributed by atoms with E-state index < -0.39 is 5.97 Å². The Morgan fingerprint density at radius 2 is 1.88 bits per heavy atom. The van der Waals surface area contributed by atoms with Crippen molar-refractivity contribution in [3.05, 3.63) is 17.8 Å². The topological polar surface area (TPSA) is 80.5 Å². The Labute approximate surface area is 143 Å². The summed E-state index contributed by atoms with van der Waals surface area (Å²) in [6.45, 7) is 1.89. The van der Waals surface area contributed by atoms with Crippen LogP contribution in [-0.4, -0.2) is 43.2 Å². The van der Waals surface area contributed by atoms with Crippen molar-refractivity contribution in [3.63, 3.8) is 0 Å². The molecule has 0 aromatic carbocycles. The van der Waals surface area contributed by atoms with E-state index in [9.17, 15) is 4.79 Å². The number of piperidine rings is 1. The standard InChI is InChI=1S/C18H28N4O2/c1-24-18(23)13-11-16(19)17(20-12-13)22-9-7-15(8-10-22)21-14-5-3-2-4-6-14/h11-12,14-15,21H,2-10,19H2,1H3. The van der Waals surface area contributed by atoms with Crippen LogP contribution in [0.15, 0.2) is 12.3 Å². The molecule has 0 radical (unpaired) electrons. The summed E-state index contributed by atoms with van der Waals surface area (Å²) < 4.78 is 4.71. The van der Waals surface area contributed by atoms with E-state index in [2.05, 4.69) is 15.2 Å². The number of ether oxygens (including phenoxy) is 1. The molecule has 3 rings (SSSR count). The molecule has 0 bridgehead atoms. The van der Waals surface area contributed by atoms with Crippen LogP contribution >= 0.6 is 0 Å². The number of rotatable bonds is 4. The van der Waals surface area contributed by atoms with Gasteiger partial charge in [0.25, 0.3) is 0 Å². The van der Waals surface area contributed by atoms with Gasteiger partial charge >= 0.3 is 5.97 Å². The molecule has 6 heteroatoms. The number of esters is 1. The number of carbonyl (C=O) groups excluding carboxylic acids is 1. The number of hydrogen-bond donors (Lipinski definition) is 2. The molecule has 0 amide bonds. The third-order valence-electron chi connectivity index (χ3n) is 5.19. The Bertz CT molecular complexity index is 564. The molecule has 0 unspecified atom stereocenters. The van der Waals surface area contributed by atoms with E-state index in [0.717, 1.165) is 31.7 Å². The summed E-state index contributed by atoms with van der Waals surface area (Å²) in [4.78, 5) is 18.2. The second-order valence-electron chi connectivity index (χ2n) is 6.89. The summed E-state index contributed by atoms with van der Waals surface area (Å²) in [6, 6.07) is 2.96. The van der Waals surface area contributed by atoms with Gasteiger partial charge in [-0.15, -0.1) is 0 Å². The maximum absolute atomic E-state index is 11.5. The van der Waals surface area contributed by atoms with E-state index in [1.165, 1.54) is 39.2 Å². The summed E-state index contributed by atoms with van der Waals surface area (Å²) in [6.07, 6.45) is 10.5. The molecule has 1 aliphatic heterocycles. The minimum absolute atomic E-state index is 0.396. The van der Waals surface area contributed by atoms with Crippen molar-refractivity contribution in [2.24, 2.45) is 0 Å². The Morgan fingerprint density at radius 1 is 1.21 bits per heavy atom. The van der Waals surface area contributed by atoms with E-state index in [0.29, 0.717) is 23.3 Å². The molecule has 1 aromatic rings. The quantitative estimate of drug-likeness (QED) is 0.824. The first-order valence-corrected chi connectivity index (χ1v) is 9.02. The van der Waals surface area contributed by atoms with Crippen LogP contribution in [0.4, 0.5) is 11.5 Å². The first kappa shape index (κ1) is 17.0. The number of nitrogens with zero attached hydrogens (tertiary/aromatic N) is 2. The highest BCUT2D eigenvalue weighted by Crippen LogP contribution is 2.26. The normalized spacial score (nSPS) is 20.1. The lowest BCUT2D eigenvalue weighted by Gasteiger charge is -2.36. The van der Waals surface area contributed by atoms with Crippen molar-refractivity contribution < 1.29 is 9.53 Å². The molecule has 2 heterocycles.